The fourth-order valence-corrected chi connectivity index (χ4v) is 5.98. The molecule has 220 valence electrons. The third kappa shape index (κ3) is 8.15. The van der Waals surface area contributed by atoms with Gasteiger partial charge in [0.05, 0.1) is 17.2 Å². The Hall–Kier alpha value is -3.27. The van der Waals surface area contributed by atoms with Gasteiger partial charge < -0.3 is 15.0 Å². The SMILES string of the molecule is CCOc1ccc(N(CC(=O)N(Cc2c(Cl)cccc2Cl)[C@@H](C)C(=O)N[C@H](C)CC)S(=O)(=O)c2ccccc2)cc1. The summed E-state index contributed by atoms with van der Waals surface area (Å²) in [6.45, 7) is 7.00. The molecule has 0 unspecified atom stereocenters. The minimum absolute atomic E-state index is 0.0185. The number of nitrogens with one attached hydrogen (secondary N) is 1. The van der Waals surface area contributed by atoms with Gasteiger partial charge >= 0.3 is 0 Å². The second-order valence-electron chi connectivity index (χ2n) is 9.47. The molecule has 0 radical (unpaired) electrons. The van der Waals surface area contributed by atoms with Crippen molar-refractivity contribution < 1.29 is 22.7 Å². The van der Waals surface area contributed by atoms with Crippen LogP contribution in [0.5, 0.6) is 5.75 Å². The van der Waals surface area contributed by atoms with Gasteiger partial charge in [0.25, 0.3) is 10.0 Å². The van der Waals surface area contributed by atoms with E-state index >= 15 is 0 Å². The van der Waals surface area contributed by atoms with E-state index in [1.807, 2.05) is 20.8 Å². The van der Waals surface area contributed by atoms with Crippen molar-refractivity contribution in [2.75, 3.05) is 17.5 Å². The van der Waals surface area contributed by atoms with Gasteiger partial charge in [0.1, 0.15) is 18.3 Å². The lowest BCUT2D eigenvalue weighted by Crippen LogP contribution is -2.52. The Kier molecular flexibility index (Phi) is 11.5. The quantitative estimate of drug-likeness (QED) is 0.256. The number of anilines is 1. The molecule has 2 amide bonds. The first kappa shape index (κ1) is 32.2. The summed E-state index contributed by atoms with van der Waals surface area (Å²) in [6.07, 6.45) is 0.698. The van der Waals surface area contributed by atoms with Gasteiger partial charge in [0.2, 0.25) is 11.8 Å². The van der Waals surface area contributed by atoms with Crippen LogP contribution in [0, 0.1) is 0 Å². The van der Waals surface area contributed by atoms with Crippen LogP contribution in [-0.2, 0) is 26.2 Å². The van der Waals surface area contributed by atoms with Gasteiger partial charge in [-0.2, -0.15) is 0 Å². The maximum atomic E-state index is 14.0. The molecule has 0 saturated heterocycles. The van der Waals surface area contributed by atoms with Crippen molar-refractivity contribution in [3.63, 3.8) is 0 Å². The number of hydrogen-bond acceptors (Lipinski definition) is 5. The highest BCUT2D eigenvalue weighted by Gasteiger charge is 2.33. The van der Waals surface area contributed by atoms with E-state index in [9.17, 15) is 18.0 Å². The summed E-state index contributed by atoms with van der Waals surface area (Å²) in [5.41, 5.74) is 0.712. The number of amides is 2. The molecule has 0 aliphatic heterocycles. The lowest BCUT2D eigenvalue weighted by atomic mass is 10.1. The number of carbonyl (C=O) groups is 2. The molecule has 3 rings (SSSR count). The molecule has 8 nitrogen and oxygen atoms in total. The van der Waals surface area contributed by atoms with Crippen molar-refractivity contribution in [2.24, 2.45) is 0 Å². The van der Waals surface area contributed by atoms with E-state index in [1.165, 1.54) is 17.0 Å². The molecule has 0 saturated carbocycles. The number of ether oxygens (including phenoxy) is 1. The lowest BCUT2D eigenvalue weighted by molar-refractivity contribution is -0.139. The molecular formula is C30H35Cl2N3O5S. The third-order valence-corrected chi connectivity index (χ3v) is 9.10. The zero-order valence-corrected chi connectivity index (χ0v) is 25.8. The Morgan fingerprint density at radius 3 is 2.07 bits per heavy atom. The average molecular weight is 621 g/mol. The highest BCUT2D eigenvalue weighted by atomic mass is 35.5. The number of sulfonamides is 1. The summed E-state index contributed by atoms with van der Waals surface area (Å²) in [5, 5.41) is 3.54. The van der Waals surface area contributed by atoms with E-state index in [0.29, 0.717) is 34.4 Å². The average Bonchev–Trinajstić information content (AvgIpc) is 2.96. The van der Waals surface area contributed by atoms with Crippen molar-refractivity contribution >= 4 is 50.7 Å². The zero-order chi connectivity index (χ0) is 30.2. The van der Waals surface area contributed by atoms with Crippen LogP contribution in [0.1, 0.15) is 39.7 Å². The van der Waals surface area contributed by atoms with Gasteiger partial charge in [-0.3, -0.25) is 13.9 Å². The van der Waals surface area contributed by atoms with E-state index < -0.39 is 28.5 Å². The first-order valence-corrected chi connectivity index (χ1v) is 15.5. The van der Waals surface area contributed by atoms with Crippen LogP contribution in [0.3, 0.4) is 0 Å². The van der Waals surface area contributed by atoms with Crippen LogP contribution in [0.4, 0.5) is 5.69 Å². The number of nitrogens with zero attached hydrogens (tertiary/aromatic N) is 2. The Morgan fingerprint density at radius 2 is 1.51 bits per heavy atom. The van der Waals surface area contributed by atoms with Crippen LogP contribution in [0.15, 0.2) is 77.7 Å². The molecule has 41 heavy (non-hydrogen) atoms. The summed E-state index contributed by atoms with van der Waals surface area (Å²) in [4.78, 5) is 28.5. The molecule has 3 aromatic rings. The van der Waals surface area contributed by atoms with Gasteiger partial charge in [-0.15, -0.1) is 0 Å². The first-order chi connectivity index (χ1) is 19.5. The predicted molar refractivity (Wildman–Crippen MR) is 163 cm³/mol. The van der Waals surface area contributed by atoms with Gasteiger partial charge in [-0.05, 0) is 75.7 Å². The van der Waals surface area contributed by atoms with E-state index in [0.717, 1.165) is 4.31 Å². The number of carbonyl (C=O) groups excluding carboxylic acids is 2. The van der Waals surface area contributed by atoms with E-state index in [2.05, 4.69) is 5.32 Å². The third-order valence-electron chi connectivity index (χ3n) is 6.60. The molecule has 0 aromatic heterocycles. The molecule has 11 heteroatoms. The highest BCUT2D eigenvalue weighted by Crippen LogP contribution is 2.29. The van der Waals surface area contributed by atoms with Crippen LogP contribution in [0.25, 0.3) is 0 Å². The fraction of sp³-hybridized carbons (Fsp3) is 0.333. The number of rotatable bonds is 13. The Balaban J connectivity index is 2.05. The summed E-state index contributed by atoms with van der Waals surface area (Å²) in [5.74, 6) is -0.430. The Labute approximate surface area is 252 Å². The van der Waals surface area contributed by atoms with Gasteiger partial charge in [0, 0.05) is 28.2 Å². The summed E-state index contributed by atoms with van der Waals surface area (Å²) in [7, 11) is -4.17. The van der Waals surface area contributed by atoms with Crippen molar-refractivity contribution in [3.8, 4) is 5.75 Å². The molecule has 0 heterocycles. The number of benzene rings is 3. The Morgan fingerprint density at radius 1 is 0.902 bits per heavy atom. The van der Waals surface area contributed by atoms with Crippen LogP contribution in [-0.4, -0.2) is 50.4 Å². The molecule has 0 spiro atoms. The normalized spacial score (nSPS) is 12.7. The van der Waals surface area contributed by atoms with Gasteiger partial charge in [0.15, 0.2) is 0 Å². The molecule has 0 fully saturated rings. The standard InChI is InChI=1S/C30H35Cl2N3O5S/c1-5-21(3)33-30(37)22(4)34(19-26-27(31)13-10-14-28(26)32)29(36)20-35(23-15-17-24(18-16-23)40-6-2)41(38,39)25-11-8-7-9-12-25/h7-18,21-22H,5-6,19-20H2,1-4H3,(H,33,37)/t21-,22+/m1/s1. The fourth-order valence-electron chi connectivity index (χ4n) is 4.03. The van der Waals surface area contributed by atoms with Crippen molar-refractivity contribution in [3.05, 3.63) is 88.4 Å². The van der Waals surface area contributed by atoms with Crippen molar-refractivity contribution in [1.82, 2.24) is 10.2 Å². The van der Waals surface area contributed by atoms with E-state index in [4.69, 9.17) is 27.9 Å². The van der Waals surface area contributed by atoms with E-state index in [1.54, 1.807) is 67.6 Å². The molecule has 1 N–H and O–H groups in total. The molecular weight excluding hydrogens is 585 g/mol. The molecule has 0 aliphatic carbocycles. The highest BCUT2D eigenvalue weighted by molar-refractivity contribution is 7.92. The van der Waals surface area contributed by atoms with Crippen LogP contribution < -0.4 is 14.4 Å². The molecule has 3 aromatic carbocycles. The summed E-state index contributed by atoms with van der Waals surface area (Å²) < 4.78 is 34.3. The van der Waals surface area contributed by atoms with Crippen LogP contribution >= 0.6 is 23.2 Å². The van der Waals surface area contributed by atoms with Crippen molar-refractivity contribution in [2.45, 2.75) is 57.6 Å². The second-order valence-corrected chi connectivity index (χ2v) is 12.1. The smallest absolute Gasteiger partial charge is 0.264 e. The largest absolute Gasteiger partial charge is 0.494 e. The minimum Gasteiger partial charge on any atom is -0.494 e. The predicted octanol–water partition coefficient (Wildman–Crippen LogP) is 5.92. The second kappa shape index (κ2) is 14.6. The lowest BCUT2D eigenvalue weighted by Gasteiger charge is -2.33. The Bertz CT molecular complexity index is 1420. The van der Waals surface area contributed by atoms with Gasteiger partial charge in [-0.25, -0.2) is 8.42 Å². The van der Waals surface area contributed by atoms with E-state index in [-0.39, 0.29) is 29.1 Å². The first-order valence-electron chi connectivity index (χ1n) is 13.3. The monoisotopic (exact) mass is 619 g/mol. The van der Waals surface area contributed by atoms with Gasteiger partial charge in [-0.1, -0.05) is 54.4 Å². The summed E-state index contributed by atoms with van der Waals surface area (Å²) >= 11 is 12.8. The molecule has 2 atom stereocenters. The van der Waals surface area contributed by atoms with Crippen molar-refractivity contribution in [1.29, 1.82) is 0 Å². The number of hydrogen-bond donors (Lipinski definition) is 1. The molecule has 0 bridgehead atoms. The molecule has 0 aliphatic rings. The maximum Gasteiger partial charge on any atom is 0.264 e. The summed E-state index contributed by atoms with van der Waals surface area (Å²) in [6, 6.07) is 18.2. The minimum atomic E-state index is -4.17. The maximum absolute atomic E-state index is 14.0. The van der Waals surface area contributed by atoms with Crippen LogP contribution in [0.2, 0.25) is 10.0 Å². The zero-order valence-electron chi connectivity index (χ0n) is 23.5. The topological polar surface area (TPSA) is 96.0 Å². The number of halogens is 2.